The molecule has 0 heterocycles. The number of benzene rings is 3. The van der Waals surface area contributed by atoms with Crippen molar-refractivity contribution in [2.75, 3.05) is 5.32 Å². The van der Waals surface area contributed by atoms with Crippen molar-refractivity contribution in [3.8, 4) is 11.1 Å². The molecule has 4 heteroatoms. The summed E-state index contributed by atoms with van der Waals surface area (Å²) in [5, 5.41) is 2.70. The number of hydrogen-bond donors (Lipinski definition) is 1. The van der Waals surface area contributed by atoms with Gasteiger partial charge in [-0.3, -0.25) is 5.32 Å². The van der Waals surface area contributed by atoms with Gasteiger partial charge in [-0.25, -0.2) is 9.18 Å². The quantitative estimate of drug-likeness (QED) is 0.713. The Labute approximate surface area is 139 Å². The fourth-order valence-electron chi connectivity index (χ4n) is 2.30. The first-order chi connectivity index (χ1) is 11.7. The highest BCUT2D eigenvalue weighted by Crippen LogP contribution is 2.23. The first-order valence-electron chi connectivity index (χ1n) is 7.54. The van der Waals surface area contributed by atoms with Crippen LogP contribution in [-0.4, -0.2) is 6.09 Å². The zero-order valence-electron chi connectivity index (χ0n) is 12.9. The van der Waals surface area contributed by atoms with Gasteiger partial charge < -0.3 is 4.74 Å². The molecule has 0 saturated heterocycles. The summed E-state index contributed by atoms with van der Waals surface area (Å²) in [6.45, 7) is 0.213. The second kappa shape index (κ2) is 7.42. The van der Waals surface area contributed by atoms with Crippen molar-refractivity contribution in [2.24, 2.45) is 0 Å². The Bertz CT molecular complexity index is 817. The van der Waals surface area contributed by atoms with Crippen LogP contribution in [0.4, 0.5) is 14.9 Å². The number of halogens is 1. The largest absolute Gasteiger partial charge is 0.444 e. The standard InChI is InChI=1S/C20H16FNO2/c21-18-11-9-16(10-12-18)17-7-4-8-19(13-17)22-20(23)24-14-15-5-2-1-3-6-15/h1-13H,14H2,(H,22,23). The van der Waals surface area contributed by atoms with E-state index in [2.05, 4.69) is 5.32 Å². The lowest BCUT2D eigenvalue weighted by molar-refractivity contribution is 0.155. The van der Waals surface area contributed by atoms with Crippen LogP contribution in [0, 0.1) is 5.82 Å². The van der Waals surface area contributed by atoms with E-state index in [9.17, 15) is 9.18 Å². The number of ether oxygens (including phenoxy) is 1. The minimum Gasteiger partial charge on any atom is -0.444 e. The van der Waals surface area contributed by atoms with Gasteiger partial charge in [0, 0.05) is 5.69 Å². The highest BCUT2D eigenvalue weighted by molar-refractivity contribution is 5.85. The monoisotopic (exact) mass is 321 g/mol. The first-order valence-corrected chi connectivity index (χ1v) is 7.54. The van der Waals surface area contributed by atoms with Crippen molar-refractivity contribution in [1.82, 2.24) is 0 Å². The molecular weight excluding hydrogens is 305 g/mol. The van der Waals surface area contributed by atoms with E-state index in [0.29, 0.717) is 5.69 Å². The van der Waals surface area contributed by atoms with Crippen LogP contribution in [-0.2, 0) is 11.3 Å². The van der Waals surface area contributed by atoms with Gasteiger partial charge >= 0.3 is 6.09 Å². The molecule has 3 rings (SSSR count). The molecule has 1 amide bonds. The van der Waals surface area contributed by atoms with Crippen molar-refractivity contribution in [3.05, 3.63) is 90.2 Å². The zero-order chi connectivity index (χ0) is 16.8. The van der Waals surface area contributed by atoms with Crippen molar-refractivity contribution >= 4 is 11.8 Å². The minimum absolute atomic E-state index is 0.213. The number of amides is 1. The first kappa shape index (κ1) is 15.7. The highest BCUT2D eigenvalue weighted by atomic mass is 19.1. The van der Waals surface area contributed by atoms with E-state index in [4.69, 9.17) is 4.74 Å². The van der Waals surface area contributed by atoms with Crippen molar-refractivity contribution in [1.29, 1.82) is 0 Å². The van der Waals surface area contributed by atoms with E-state index in [0.717, 1.165) is 16.7 Å². The lowest BCUT2D eigenvalue weighted by Gasteiger charge is -2.09. The van der Waals surface area contributed by atoms with Gasteiger partial charge in [0.1, 0.15) is 12.4 Å². The molecule has 0 spiro atoms. The Morgan fingerprint density at radius 2 is 1.62 bits per heavy atom. The molecule has 0 unspecified atom stereocenters. The third-order valence-electron chi connectivity index (χ3n) is 3.50. The molecule has 3 nitrogen and oxygen atoms in total. The molecule has 1 N–H and O–H groups in total. The molecule has 0 aliphatic carbocycles. The molecule has 24 heavy (non-hydrogen) atoms. The Kier molecular flexibility index (Phi) is 4.87. The molecule has 0 aliphatic rings. The molecule has 0 radical (unpaired) electrons. The summed E-state index contributed by atoms with van der Waals surface area (Å²) >= 11 is 0. The molecule has 0 saturated carbocycles. The fourth-order valence-corrected chi connectivity index (χ4v) is 2.30. The van der Waals surface area contributed by atoms with Gasteiger partial charge in [-0.1, -0.05) is 54.6 Å². The van der Waals surface area contributed by atoms with Crippen LogP contribution in [0.1, 0.15) is 5.56 Å². The summed E-state index contributed by atoms with van der Waals surface area (Å²) < 4.78 is 18.2. The molecule has 0 aliphatic heterocycles. The molecule has 3 aromatic rings. The highest BCUT2D eigenvalue weighted by Gasteiger charge is 2.05. The third kappa shape index (κ3) is 4.20. The Morgan fingerprint density at radius 1 is 0.875 bits per heavy atom. The summed E-state index contributed by atoms with van der Waals surface area (Å²) in [5.41, 5.74) is 3.30. The molecule has 120 valence electrons. The van der Waals surface area contributed by atoms with Crippen LogP contribution in [0.25, 0.3) is 11.1 Å². The number of nitrogens with one attached hydrogen (secondary N) is 1. The van der Waals surface area contributed by atoms with E-state index >= 15 is 0 Å². The topological polar surface area (TPSA) is 38.3 Å². The van der Waals surface area contributed by atoms with Crippen LogP contribution >= 0.6 is 0 Å². The number of anilines is 1. The second-order valence-corrected chi connectivity index (χ2v) is 5.27. The average Bonchev–Trinajstić information content (AvgIpc) is 2.62. The van der Waals surface area contributed by atoms with Crippen LogP contribution < -0.4 is 5.32 Å². The molecule has 0 aromatic heterocycles. The predicted octanol–water partition coefficient (Wildman–Crippen LogP) is 5.24. The van der Waals surface area contributed by atoms with E-state index in [1.165, 1.54) is 12.1 Å². The van der Waals surface area contributed by atoms with Gasteiger partial charge in [0.2, 0.25) is 0 Å². The van der Waals surface area contributed by atoms with Crippen LogP contribution in [0.15, 0.2) is 78.9 Å². The Balaban J connectivity index is 1.64. The summed E-state index contributed by atoms with van der Waals surface area (Å²) in [7, 11) is 0. The van der Waals surface area contributed by atoms with E-state index in [-0.39, 0.29) is 12.4 Å². The van der Waals surface area contributed by atoms with Crippen molar-refractivity contribution in [3.63, 3.8) is 0 Å². The summed E-state index contributed by atoms with van der Waals surface area (Å²) in [6.07, 6.45) is -0.518. The second-order valence-electron chi connectivity index (χ2n) is 5.27. The minimum atomic E-state index is -0.518. The summed E-state index contributed by atoms with van der Waals surface area (Å²) in [5.74, 6) is -0.280. The normalized spacial score (nSPS) is 10.2. The molecule has 0 bridgehead atoms. The number of carbonyl (C=O) groups is 1. The van der Waals surface area contributed by atoms with Crippen molar-refractivity contribution < 1.29 is 13.9 Å². The third-order valence-corrected chi connectivity index (χ3v) is 3.50. The Morgan fingerprint density at radius 3 is 2.38 bits per heavy atom. The van der Waals surface area contributed by atoms with Gasteiger partial charge in [-0.15, -0.1) is 0 Å². The van der Waals surface area contributed by atoms with Gasteiger partial charge in [0.25, 0.3) is 0 Å². The zero-order valence-corrected chi connectivity index (χ0v) is 12.9. The fraction of sp³-hybridized carbons (Fsp3) is 0.0500. The van der Waals surface area contributed by atoms with Gasteiger partial charge in [-0.2, -0.15) is 0 Å². The van der Waals surface area contributed by atoms with Gasteiger partial charge in [0.05, 0.1) is 0 Å². The van der Waals surface area contributed by atoms with Crippen LogP contribution in [0.5, 0.6) is 0 Å². The molecule has 0 atom stereocenters. The van der Waals surface area contributed by atoms with Crippen LogP contribution in [0.2, 0.25) is 0 Å². The van der Waals surface area contributed by atoms with E-state index in [1.54, 1.807) is 18.2 Å². The lowest BCUT2D eigenvalue weighted by Crippen LogP contribution is -2.13. The van der Waals surface area contributed by atoms with Crippen molar-refractivity contribution in [2.45, 2.75) is 6.61 Å². The maximum Gasteiger partial charge on any atom is 0.411 e. The van der Waals surface area contributed by atoms with E-state index in [1.807, 2.05) is 48.5 Å². The molecule has 3 aromatic carbocycles. The smallest absolute Gasteiger partial charge is 0.411 e. The Hall–Kier alpha value is -3.14. The van der Waals surface area contributed by atoms with E-state index < -0.39 is 6.09 Å². The maximum atomic E-state index is 13.0. The predicted molar refractivity (Wildman–Crippen MR) is 92.1 cm³/mol. The average molecular weight is 321 g/mol. The molecular formula is C20H16FNO2. The van der Waals surface area contributed by atoms with Crippen LogP contribution in [0.3, 0.4) is 0 Å². The van der Waals surface area contributed by atoms with Gasteiger partial charge in [-0.05, 0) is 41.0 Å². The maximum absolute atomic E-state index is 13.0. The van der Waals surface area contributed by atoms with Gasteiger partial charge in [0.15, 0.2) is 0 Å². The summed E-state index contributed by atoms with van der Waals surface area (Å²) in [4.78, 5) is 11.9. The lowest BCUT2D eigenvalue weighted by atomic mass is 10.1. The number of rotatable bonds is 4. The SMILES string of the molecule is O=C(Nc1cccc(-c2ccc(F)cc2)c1)OCc1ccccc1. The summed E-state index contributed by atoms with van der Waals surface area (Å²) in [6, 6.07) is 23.0. The number of hydrogen-bond acceptors (Lipinski definition) is 2. The number of carbonyl (C=O) groups excluding carboxylic acids is 1. The molecule has 0 fully saturated rings.